The molecule has 2 N–H and O–H groups in total. The lowest BCUT2D eigenvalue weighted by molar-refractivity contribution is -0.117. The molecule has 146 valence electrons. The number of para-hydroxylation sites is 1. The topological polar surface area (TPSA) is 87.5 Å². The maximum absolute atomic E-state index is 12.4. The first-order valence-electron chi connectivity index (χ1n) is 9.49. The molecule has 0 unspecified atom stereocenters. The maximum Gasteiger partial charge on any atom is 0.168 e. The van der Waals surface area contributed by atoms with E-state index >= 15 is 0 Å². The Bertz CT molecular complexity index is 1130. The number of hydrazone groups is 1. The van der Waals surface area contributed by atoms with Crippen LogP contribution in [0.25, 0.3) is 22.3 Å². The molecule has 0 spiro atoms. The van der Waals surface area contributed by atoms with Crippen molar-refractivity contribution >= 4 is 28.7 Å². The third-order valence-corrected chi connectivity index (χ3v) is 4.90. The summed E-state index contributed by atoms with van der Waals surface area (Å²) in [4.78, 5) is 21.6. The molecule has 0 atom stereocenters. The first kappa shape index (κ1) is 18.8. The van der Waals surface area contributed by atoms with Gasteiger partial charge < -0.3 is 5.11 Å². The van der Waals surface area contributed by atoms with Crippen molar-refractivity contribution in [1.82, 2.24) is 9.97 Å². The van der Waals surface area contributed by atoms with Crippen molar-refractivity contribution in [3.63, 3.8) is 0 Å². The van der Waals surface area contributed by atoms with E-state index in [2.05, 4.69) is 20.5 Å². The average molecular weight is 386 g/mol. The third kappa shape index (κ3) is 4.01. The maximum atomic E-state index is 12.4. The summed E-state index contributed by atoms with van der Waals surface area (Å²) in [6.07, 6.45) is 2.22. The number of nitrogens with one attached hydrogen (secondary N) is 1. The van der Waals surface area contributed by atoms with Gasteiger partial charge in [-0.15, -0.1) is 0 Å². The summed E-state index contributed by atoms with van der Waals surface area (Å²) < 4.78 is 0. The lowest BCUT2D eigenvalue weighted by atomic mass is 9.77. The first-order chi connectivity index (χ1) is 13.9. The Morgan fingerprint density at radius 3 is 2.52 bits per heavy atom. The summed E-state index contributed by atoms with van der Waals surface area (Å²) in [5, 5.41) is 15.3. The van der Waals surface area contributed by atoms with Gasteiger partial charge in [-0.2, -0.15) is 5.10 Å². The molecule has 6 heteroatoms. The van der Waals surface area contributed by atoms with Crippen LogP contribution in [0.5, 0.6) is 0 Å². The van der Waals surface area contributed by atoms with Crippen LogP contribution in [0.4, 0.5) is 5.82 Å². The van der Waals surface area contributed by atoms with E-state index in [-0.39, 0.29) is 22.5 Å². The van der Waals surface area contributed by atoms with Gasteiger partial charge in [0.1, 0.15) is 5.76 Å². The molecule has 4 rings (SSSR count). The number of carbonyl (C=O) groups excluding carboxylic acids is 1. The molecule has 3 aromatic rings. The molecule has 0 fully saturated rings. The minimum Gasteiger partial charge on any atom is -0.511 e. The Labute approximate surface area is 169 Å². The quantitative estimate of drug-likeness (QED) is 0.492. The lowest BCUT2D eigenvalue weighted by Crippen LogP contribution is -2.26. The second-order valence-electron chi connectivity index (χ2n) is 7.95. The third-order valence-electron chi connectivity index (χ3n) is 4.90. The van der Waals surface area contributed by atoms with Gasteiger partial charge >= 0.3 is 0 Å². The molecule has 0 aliphatic heterocycles. The minimum absolute atomic E-state index is 0.0781. The van der Waals surface area contributed by atoms with Crippen LogP contribution in [0.1, 0.15) is 26.7 Å². The van der Waals surface area contributed by atoms with E-state index in [1.807, 2.05) is 68.4 Å². The Kier molecular flexibility index (Phi) is 4.84. The zero-order valence-corrected chi connectivity index (χ0v) is 16.4. The van der Waals surface area contributed by atoms with E-state index in [4.69, 9.17) is 0 Å². The van der Waals surface area contributed by atoms with E-state index in [1.165, 1.54) is 6.21 Å². The molecule has 2 aromatic carbocycles. The van der Waals surface area contributed by atoms with Crippen molar-refractivity contribution in [2.75, 3.05) is 5.43 Å². The normalized spacial score (nSPS) is 16.6. The monoisotopic (exact) mass is 386 g/mol. The number of hydrogen-bond donors (Lipinski definition) is 2. The molecule has 0 saturated carbocycles. The SMILES string of the molecule is CC1(C)CC(=O)C(/C=N\Nc2nc(-c3ccccc3)nc3ccccc23)=C(O)C1. The number of aliphatic hydroxyl groups excluding tert-OH is 1. The van der Waals surface area contributed by atoms with Crippen LogP contribution in [0, 0.1) is 5.41 Å². The number of ketones is 1. The van der Waals surface area contributed by atoms with Gasteiger partial charge in [0.2, 0.25) is 0 Å². The summed E-state index contributed by atoms with van der Waals surface area (Å²) in [5.41, 5.74) is 4.63. The van der Waals surface area contributed by atoms with Crippen LogP contribution in [-0.4, -0.2) is 27.1 Å². The Balaban J connectivity index is 1.67. The molecule has 0 amide bonds. The Morgan fingerprint density at radius 1 is 1.03 bits per heavy atom. The number of Topliss-reactive ketones (excluding diaryl/α,β-unsaturated/α-hetero) is 1. The average Bonchev–Trinajstić information content (AvgIpc) is 2.69. The molecule has 1 aliphatic carbocycles. The summed E-state index contributed by atoms with van der Waals surface area (Å²) in [5.74, 6) is 1.09. The number of aliphatic hydroxyl groups is 1. The highest BCUT2D eigenvalue weighted by Crippen LogP contribution is 2.35. The molecule has 6 nitrogen and oxygen atoms in total. The molecule has 1 heterocycles. The van der Waals surface area contributed by atoms with Gasteiger partial charge in [-0.05, 0) is 17.5 Å². The number of benzene rings is 2. The number of carbonyl (C=O) groups is 1. The van der Waals surface area contributed by atoms with Crippen LogP contribution in [-0.2, 0) is 4.79 Å². The zero-order valence-electron chi connectivity index (χ0n) is 16.4. The van der Waals surface area contributed by atoms with Gasteiger partial charge in [0.05, 0.1) is 17.3 Å². The number of allylic oxidation sites excluding steroid dienone is 2. The van der Waals surface area contributed by atoms with E-state index in [0.29, 0.717) is 24.5 Å². The summed E-state index contributed by atoms with van der Waals surface area (Å²) >= 11 is 0. The smallest absolute Gasteiger partial charge is 0.168 e. The lowest BCUT2D eigenvalue weighted by Gasteiger charge is -2.28. The van der Waals surface area contributed by atoms with E-state index in [1.54, 1.807) is 0 Å². The first-order valence-corrected chi connectivity index (χ1v) is 9.49. The van der Waals surface area contributed by atoms with Crippen LogP contribution in [0.3, 0.4) is 0 Å². The second-order valence-corrected chi connectivity index (χ2v) is 7.95. The molecule has 1 aliphatic rings. The van der Waals surface area contributed by atoms with Gasteiger partial charge in [0.25, 0.3) is 0 Å². The fraction of sp³-hybridized carbons (Fsp3) is 0.217. The number of nitrogens with zero attached hydrogens (tertiary/aromatic N) is 3. The van der Waals surface area contributed by atoms with Crippen LogP contribution in [0.2, 0.25) is 0 Å². The largest absolute Gasteiger partial charge is 0.511 e. The van der Waals surface area contributed by atoms with Crippen molar-refractivity contribution in [1.29, 1.82) is 0 Å². The van der Waals surface area contributed by atoms with Gasteiger partial charge in [0.15, 0.2) is 17.4 Å². The number of hydrogen-bond acceptors (Lipinski definition) is 6. The predicted molar refractivity (Wildman–Crippen MR) is 115 cm³/mol. The van der Waals surface area contributed by atoms with Crippen molar-refractivity contribution < 1.29 is 9.90 Å². The Morgan fingerprint density at radius 2 is 1.76 bits per heavy atom. The summed E-state index contributed by atoms with van der Waals surface area (Å²) in [7, 11) is 0. The highest BCUT2D eigenvalue weighted by Gasteiger charge is 2.32. The van der Waals surface area contributed by atoms with Gasteiger partial charge in [-0.3, -0.25) is 10.2 Å². The summed E-state index contributed by atoms with van der Waals surface area (Å²) in [6, 6.07) is 17.4. The molecule has 0 saturated heterocycles. The van der Waals surface area contributed by atoms with Gasteiger partial charge in [-0.25, -0.2) is 9.97 Å². The van der Waals surface area contributed by atoms with E-state index in [9.17, 15) is 9.90 Å². The van der Waals surface area contributed by atoms with Crippen molar-refractivity contribution in [3.8, 4) is 11.4 Å². The fourth-order valence-corrected chi connectivity index (χ4v) is 3.48. The number of aromatic nitrogens is 2. The minimum atomic E-state index is -0.237. The van der Waals surface area contributed by atoms with E-state index in [0.717, 1.165) is 16.5 Å². The second kappa shape index (κ2) is 7.47. The highest BCUT2D eigenvalue weighted by molar-refractivity contribution is 6.14. The molecular formula is C23H22N4O2. The zero-order chi connectivity index (χ0) is 20.4. The molecule has 0 bridgehead atoms. The van der Waals surface area contributed by atoms with Crippen LogP contribution >= 0.6 is 0 Å². The molecular weight excluding hydrogens is 364 g/mol. The van der Waals surface area contributed by atoms with Crippen molar-refractivity contribution in [3.05, 3.63) is 65.9 Å². The number of fused-ring (bicyclic) bond motifs is 1. The van der Waals surface area contributed by atoms with Gasteiger partial charge in [-0.1, -0.05) is 56.3 Å². The predicted octanol–water partition coefficient (Wildman–Crippen LogP) is 4.90. The molecule has 29 heavy (non-hydrogen) atoms. The van der Waals surface area contributed by atoms with Gasteiger partial charge in [0, 0.05) is 23.8 Å². The van der Waals surface area contributed by atoms with E-state index < -0.39 is 0 Å². The fourth-order valence-electron chi connectivity index (χ4n) is 3.48. The standard InChI is InChI=1S/C23H22N4O2/c1-23(2)12-19(28)17(20(29)13-23)14-24-27-22-16-10-6-7-11-18(16)25-21(26-22)15-8-4-3-5-9-15/h3-11,14,28H,12-13H2,1-2H3,(H,25,26,27)/b24-14-. The number of rotatable bonds is 4. The molecule has 1 aromatic heterocycles. The van der Waals surface area contributed by atoms with Crippen LogP contribution < -0.4 is 5.43 Å². The Hall–Kier alpha value is -3.54. The van der Waals surface area contributed by atoms with Crippen LogP contribution in [0.15, 0.2) is 71.0 Å². The highest BCUT2D eigenvalue weighted by atomic mass is 16.3. The van der Waals surface area contributed by atoms with Crippen molar-refractivity contribution in [2.45, 2.75) is 26.7 Å². The van der Waals surface area contributed by atoms with Crippen molar-refractivity contribution in [2.24, 2.45) is 10.5 Å². The molecule has 0 radical (unpaired) electrons. The number of anilines is 1. The summed E-state index contributed by atoms with van der Waals surface area (Å²) in [6.45, 7) is 3.93.